The Bertz CT molecular complexity index is 1240. The van der Waals surface area contributed by atoms with Gasteiger partial charge in [-0.15, -0.1) is 0 Å². The molecule has 1 N–H and O–H groups in total. The van der Waals surface area contributed by atoms with Gasteiger partial charge in [-0.05, 0) is 85.5 Å². The summed E-state index contributed by atoms with van der Waals surface area (Å²) >= 11 is 0. The molecule has 184 valence electrons. The first kappa shape index (κ1) is 24.7. The average Bonchev–Trinajstić information content (AvgIpc) is 2.88. The number of nitrogens with zero attached hydrogens (tertiary/aromatic N) is 2. The van der Waals surface area contributed by atoms with Crippen LogP contribution in [0.2, 0.25) is 0 Å². The molecule has 0 atom stereocenters. The third-order valence-corrected chi connectivity index (χ3v) is 7.74. The van der Waals surface area contributed by atoms with Gasteiger partial charge in [0.25, 0.3) is 10.0 Å². The van der Waals surface area contributed by atoms with Crippen LogP contribution in [0.15, 0.2) is 77.7 Å². The van der Waals surface area contributed by atoms with Crippen molar-refractivity contribution in [2.24, 2.45) is 0 Å². The molecule has 0 bridgehead atoms. The molecule has 4 rings (SSSR count). The molecular formula is C26H27F2N3O3S. The Labute approximate surface area is 204 Å². The molecule has 1 saturated heterocycles. The molecule has 1 amide bonds. The predicted octanol–water partition coefficient (Wildman–Crippen LogP) is 4.47. The number of piperidine rings is 1. The summed E-state index contributed by atoms with van der Waals surface area (Å²) in [5, 5.41) is 2.75. The monoisotopic (exact) mass is 499 g/mol. The van der Waals surface area contributed by atoms with Gasteiger partial charge in [-0.25, -0.2) is 17.2 Å². The van der Waals surface area contributed by atoms with Gasteiger partial charge in [-0.3, -0.25) is 9.10 Å². The lowest BCUT2D eigenvalue weighted by Gasteiger charge is -2.28. The summed E-state index contributed by atoms with van der Waals surface area (Å²) in [6.45, 7) is 1.79. The molecule has 3 aromatic rings. The van der Waals surface area contributed by atoms with Gasteiger partial charge in [0.2, 0.25) is 5.91 Å². The summed E-state index contributed by atoms with van der Waals surface area (Å²) < 4.78 is 54.2. The summed E-state index contributed by atoms with van der Waals surface area (Å²) in [5.74, 6) is -1.65. The lowest BCUT2D eigenvalue weighted by Crippen LogP contribution is -2.40. The normalized spacial score (nSPS) is 13.9. The Kier molecular flexibility index (Phi) is 7.65. The number of carbonyl (C=O) groups is 1. The molecule has 0 saturated carbocycles. The minimum absolute atomic E-state index is 0.122. The highest BCUT2D eigenvalue weighted by Crippen LogP contribution is 2.24. The molecule has 0 radical (unpaired) electrons. The number of benzene rings is 3. The van der Waals surface area contributed by atoms with E-state index in [9.17, 15) is 22.0 Å². The van der Waals surface area contributed by atoms with Crippen LogP contribution in [-0.2, 0) is 21.4 Å². The standard InChI is InChI=1S/C26H27F2N3O3S/c27-21-6-12-24(13-7-21)31(35(33,34)25-14-8-22(28)9-15-25)19-26(32)29-18-20-4-10-23(11-5-20)30-16-2-1-3-17-30/h4-15H,1-3,16-19H2,(H,29,32). The van der Waals surface area contributed by atoms with Crippen LogP contribution in [0, 0.1) is 11.6 Å². The largest absolute Gasteiger partial charge is 0.372 e. The van der Waals surface area contributed by atoms with Crippen molar-refractivity contribution < 1.29 is 22.0 Å². The number of hydrogen-bond donors (Lipinski definition) is 1. The van der Waals surface area contributed by atoms with Gasteiger partial charge < -0.3 is 10.2 Å². The van der Waals surface area contributed by atoms with Crippen LogP contribution in [-0.4, -0.2) is 34.0 Å². The van der Waals surface area contributed by atoms with Gasteiger partial charge in [0.05, 0.1) is 10.6 Å². The van der Waals surface area contributed by atoms with E-state index in [1.165, 1.54) is 31.4 Å². The second-order valence-electron chi connectivity index (χ2n) is 8.43. The van der Waals surface area contributed by atoms with Crippen molar-refractivity contribution in [1.29, 1.82) is 0 Å². The predicted molar refractivity (Wildman–Crippen MR) is 132 cm³/mol. The van der Waals surface area contributed by atoms with Crippen molar-refractivity contribution in [1.82, 2.24) is 5.32 Å². The van der Waals surface area contributed by atoms with Gasteiger partial charge in [0, 0.05) is 25.3 Å². The second kappa shape index (κ2) is 10.9. The number of sulfonamides is 1. The number of carbonyl (C=O) groups excluding carboxylic acids is 1. The first-order valence-corrected chi connectivity index (χ1v) is 12.9. The van der Waals surface area contributed by atoms with Crippen LogP contribution in [0.3, 0.4) is 0 Å². The molecule has 0 spiro atoms. The van der Waals surface area contributed by atoms with E-state index in [1.54, 1.807) is 0 Å². The van der Waals surface area contributed by atoms with Crippen LogP contribution in [0.25, 0.3) is 0 Å². The fourth-order valence-corrected chi connectivity index (χ4v) is 5.44. The SMILES string of the molecule is O=C(CN(c1ccc(F)cc1)S(=O)(=O)c1ccc(F)cc1)NCc1ccc(N2CCCCC2)cc1. The summed E-state index contributed by atoms with van der Waals surface area (Å²) in [4.78, 5) is 14.9. The summed E-state index contributed by atoms with van der Waals surface area (Å²) in [5.41, 5.74) is 2.15. The van der Waals surface area contributed by atoms with E-state index in [1.807, 2.05) is 24.3 Å². The van der Waals surface area contributed by atoms with Crippen molar-refractivity contribution in [3.8, 4) is 0 Å². The Morgan fingerprint density at radius 1 is 0.829 bits per heavy atom. The van der Waals surface area contributed by atoms with E-state index in [2.05, 4.69) is 10.2 Å². The van der Waals surface area contributed by atoms with E-state index in [0.717, 1.165) is 65.0 Å². The van der Waals surface area contributed by atoms with Gasteiger partial charge >= 0.3 is 0 Å². The Hall–Kier alpha value is -3.46. The third-order valence-electron chi connectivity index (χ3n) is 5.95. The Morgan fingerprint density at radius 2 is 1.40 bits per heavy atom. The van der Waals surface area contributed by atoms with Crippen LogP contribution in [0.1, 0.15) is 24.8 Å². The second-order valence-corrected chi connectivity index (χ2v) is 10.3. The van der Waals surface area contributed by atoms with Crippen molar-refractivity contribution in [3.63, 3.8) is 0 Å². The molecule has 1 aliphatic heterocycles. The van der Waals surface area contributed by atoms with Crippen LogP contribution < -0.4 is 14.5 Å². The van der Waals surface area contributed by atoms with E-state index in [-0.39, 0.29) is 17.1 Å². The highest BCUT2D eigenvalue weighted by Gasteiger charge is 2.27. The maximum atomic E-state index is 13.4. The topological polar surface area (TPSA) is 69.7 Å². The number of hydrogen-bond acceptors (Lipinski definition) is 4. The molecule has 1 heterocycles. The molecule has 35 heavy (non-hydrogen) atoms. The minimum atomic E-state index is -4.20. The fraction of sp³-hybridized carbons (Fsp3) is 0.269. The van der Waals surface area contributed by atoms with Crippen molar-refractivity contribution in [2.45, 2.75) is 30.7 Å². The third kappa shape index (κ3) is 6.16. The zero-order valence-electron chi connectivity index (χ0n) is 19.2. The van der Waals surface area contributed by atoms with E-state index < -0.39 is 34.1 Å². The number of amides is 1. The summed E-state index contributed by atoms with van der Waals surface area (Å²) in [6.07, 6.45) is 3.62. The van der Waals surface area contributed by atoms with E-state index in [4.69, 9.17) is 0 Å². The highest BCUT2D eigenvalue weighted by molar-refractivity contribution is 7.92. The number of anilines is 2. The van der Waals surface area contributed by atoms with Crippen LogP contribution in [0.4, 0.5) is 20.2 Å². The molecule has 9 heteroatoms. The lowest BCUT2D eigenvalue weighted by molar-refractivity contribution is -0.119. The Morgan fingerprint density at radius 3 is 2.00 bits per heavy atom. The number of nitrogens with one attached hydrogen (secondary N) is 1. The average molecular weight is 500 g/mol. The molecule has 0 unspecified atom stereocenters. The molecule has 0 aromatic heterocycles. The van der Waals surface area contributed by atoms with Gasteiger partial charge in [0.1, 0.15) is 18.2 Å². The molecular weight excluding hydrogens is 472 g/mol. The van der Waals surface area contributed by atoms with Crippen molar-refractivity contribution >= 4 is 27.3 Å². The molecule has 3 aromatic carbocycles. The zero-order valence-corrected chi connectivity index (χ0v) is 20.0. The van der Waals surface area contributed by atoms with Gasteiger partial charge in [-0.1, -0.05) is 12.1 Å². The smallest absolute Gasteiger partial charge is 0.264 e. The van der Waals surface area contributed by atoms with Crippen molar-refractivity contribution in [2.75, 3.05) is 28.8 Å². The Balaban J connectivity index is 1.46. The van der Waals surface area contributed by atoms with E-state index >= 15 is 0 Å². The zero-order chi connectivity index (χ0) is 24.8. The fourth-order valence-electron chi connectivity index (χ4n) is 4.02. The van der Waals surface area contributed by atoms with E-state index in [0.29, 0.717) is 0 Å². The quantitative estimate of drug-likeness (QED) is 0.497. The van der Waals surface area contributed by atoms with Crippen LogP contribution in [0.5, 0.6) is 0 Å². The van der Waals surface area contributed by atoms with Gasteiger partial charge in [-0.2, -0.15) is 0 Å². The highest BCUT2D eigenvalue weighted by atomic mass is 32.2. The first-order valence-electron chi connectivity index (χ1n) is 11.5. The summed E-state index contributed by atoms with van der Waals surface area (Å²) in [7, 11) is -4.20. The van der Waals surface area contributed by atoms with Crippen LogP contribution >= 0.6 is 0 Å². The number of halogens is 2. The molecule has 0 aliphatic carbocycles. The maximum Gasteiger partial charge on any atom is 0.264 e. The summed E-state index contributed by atoms with van der Waals surface area (Å²) in [6, 6.07) is 17.0. The van der Waals surface area contributed by atoms with Gasteiger partial charge in [0.15, 0.2) is 0 Å². The van der Waals surface area contributed by atoms with Crippen molar-refractivity contribution in [3.05, 3.63) is 90.0 Å². The first-order chi connectivity index (χ1) is 16.8. The minimum Gasteiger partial charge on any atom is -0.372 e. The maximum absolute atomic E-state index is 13.4. The molecule has 1 fully saturated rings. The number of rotatable bonds is 8. The lowest BCUT2D eigenvalue weighted by atomic mass is 10.1. The molecule has 6 nitrogen and oxygen atoms in total. The molecule has 1 aliphatic rings.